The van der Waals surface area contributed by atoms with Crippen LogP contribution in [0.1, 0.15) is 0 Å². The Morgan fingerprint density at radius 3 is 2.68 bits per heavy atom. The topological polar surface area (TPSA) is 48.1 Å². The molecule has 0 aliphatic heterocycles. The monoisotopic (exact) mass is 288 g/mol. The summed E-state index contributed by atoms with van der Waals surface area (Å²) in [5, 5.41) is 0. The molecule has 0 amide bonds. The molecule has 5 heteroatoms. The van der Waals surface area contributed by atoms with Gasteiger partial charge in [0.2, 0.25) is 0 Å². The van der Waals surface area contributed by atoms with Gasteiger partial charge in [0, 0.05) is 10.6 Å². The van der Waals surface area contributed by atoms with Crippen molar-refractivity contribution in [3.8, 4) is 5.75 Å². The van der Waals surface area contributed by atoms with E-state index in [-0.39, 0.29) is 0 Å². The van der Waals surface area contributed by atoms with Gasteiger partial charge in [-0.3, -0.25) is 0 Å². The summed E-state index contributed by atoms with van der Waals surface area (Å²) in [5.74, 6) is 0.862. The summed E-state index contributed by atoms with van der Waals surface area (Å²) < 4.78 is 7.28. The molecule has 0 saturated heterocycles. The van der Waals surface area contributed by atoms with E-state index >= 15 is 0 Å². The highest BCUT2D eigenvalue weighted by Crippen LogP contribution is 2.35. The fourth-order valence-electron chi connectivity index (χ4n) is 1.71. The minimum Gasteiger partial charge on any atom is -0.497 e. The minimum absolute atomic E-state index is 0.775. The molecule has 0 saturated carbocycles. The number of thiazole rings is 1. The Hall–Kier alpha value is -1.72. The molecule has 1 heterocycles. The molecular formula is C14H12N2OS2. The standard InChI is InChI=1S/C14H12N2OS2/c1-17-10-3-5-11(6-4-10)18-14-16-12-7-2-9(15)8-13(12)19-14/h2-8H,15H2,1H3. The number of methoxy groups -OCH3 is 1. The zero-order valence-electron chi connectivity index (χ0n) is 10.3. The third-order valence-corrected chi connectivity index (χ3v) is 4.74. The van der Waals surface area contributed by atoms with Crippen LogP contribution in [0, 0.1) is 0 Å². The van der Waals surface area contributed by atoms with E-state index in [1.807, 2.05) is 42.5 Å². The molecule has 2 aromatic carbocycles. The van der Waals surface area contributed by atoms with E-state index in [0.29, 0.717) is 0 Å². The van der Waals surface area contributed by atoms with Gasteiger partial charge in [-0.25, -0.2) is 4.98 Å². The maximum atomic E-state index is 5.78. The predicted octanol–water partition coefficient (Wildman–Crippen LogP) is 4.04. The Labute approximate surface area is 119 Å². The normalized spacial score (nSPS) is 10.8. The number of nitrogen functional groups attached to an aromatic ring is 1. The molecule has 0 bridgehead atoms. The molecule has 0 spiro atoms. The van der Waals surface area contributed by atoms with Crippen molar-refractivity contribution in [1.29, 1.82) is 0 Å². The summed E-state index contributed by atoms with van der Waals surface area (Å²) in [4.78, 5) is 5.73. The molecule has 2 N–H and O–H groups in total. The number of anilines is 1. The molecule has 0 radical (unpaired) electrons. The van der Waals surface area contributed by atoms with Crippen molar-refractivity contribution >= 4 is 39.0 Å². The maximum absolute atomic E-state index is 5.78. The molecule has 96 valence electrons. The molecule has 3 aromatic rings. The van der Waals surface area contributed by atoms with Gasteiger partial charge in [0.1, 0.15) is 5.75 Å². The molecule has 0 unspecified atom stereocenters. The number of fused-ring (bicyclic) bond motifs is 1. The fourth-order valence-corrected chi connectivity index (χ4v) is 3.80. The van der Waals surface area contributed by atoms with Gasteiger partial charge in [0.25, 0.3) is 0 Å². The van der Waals surface area contributed by atoms with E-state index in [2.05, 4.69) is 4.98 Å². The Kier molecular flexibility index (Phi) is 3.31. The van der Waals surface area contributed by atoms with Gasteiger partial charge >= 0.3 is 0 Å². The van der Waals surface area contributed by atoms with Gasteiger partial charge < -0.3 is 10.5 Å². The number of benzene rings is 2. The average Bonchev–Trinajstić information content (AvgIpc) is 2.81. The van der Waals surface area contributed by atoms with Crippen molar-refractivity contribution in [1.82, 2.24) is 4.98 Å². The lowest BCUT2D eigenvalue weighted by molar-refractivity contribution is 0.414. The summed E-state index contributed by atoms with van der Waals surface area (Å²) in [6, 6.07) is 13.8. The Bertz CT molecular complexity index is 707. The molecule has 3 nitrogen and oxygen atoms in total. The highest BCUT2D eigenvalue weighted by Gasteiger charge is 2.06. The smallest absolute Gasteiger partial charge is 0.155 e. The number of aromatic nitrogens is 1. The molecule has 0 aliphatic rings. The summed E-state index contributed by atoms with van der Waals surface area (Å²) in [5.41, 5.74) is 7.55. The van der Waals surface area contributed by atoms with Crippen LogP contribution < -0.4 is 10.5 Å². The van der Waals surface area contributed by atoms with Gasteiger partial charge in [0.15, 0.2) is 4.34 Å². The van der Waals surface area contributed by atoms with Gasteiger partial charge in [-0.05, 0) is 42.5 Å². The molecule has 19 heavy (non-hydrogen) atoms. The third-order valence-electron chi connectivity index (χ3n) is 2.66. The second-order valence-corrected chi connectivity index (χ2v) is 6.34. The van der Waals surface area contributed by atoms with Crippen LogP contribution in [-0.4, -0.2) is 12.1 Å². The first-order valence-corrected chi connectivity index (χ1v) is 7.36. The predicted molar refractivity (Wildman–Crippen MR) is 81.1 cm³/mol. The van der Waals surface area contributed by atoms with Crippen molar-refractivity contribution in [2.45, 2.75) is 9.24 Å². The highest BCUT2D eigenvalue weighted by atomic mass is 32.2. The first kappa shape index (κ1) is 12.3. The van der Waals surface area contributed by atoms with Crippen LogP contribution in [0.15, 0.2) is 51.7 Å². The summed E-state index contributed by atoms with van der Waals surface area (Å²) in [6.45, 7) is 0. The first-order valence-electron chi connectivity index (χ1n) is 5.72. The van der Waals surface area contributed by atoms with Crippen LogP contribution in [0.4, 0.5) is 5.69 Å². The maximum Gasteiger partial charge on any atom is 0.155 e. The largest absolute Gasteiger partial charge is 0.497 e. The first-order chi connectivity index (χ1) is 9.24. The van der Waals surface area contributed by atoms with E-state index in [9.17, 15) is 0 Å². The Morgan fingerprint density at radius 1 is 1.16 bits per heavy atom. The van der Waals surface area contributed by atoms with Crippen molar-refractivity contribution < 1.29 is 4.74 Å². The van der Waals surface area contributed by atoms with Crippen molar-refractivity contribution in [3.05, 3.63) is 42.5 Å². The second kappa shape index (κ2) is 5.11. The fraction of sp³-hybridized carbons (Fsp3) is 0.0714. The SMILES string of the molecule is COc1ccc(Sc2nc3ccc(N)cc3s2)cc1. The second-order valence-electron chi connectivity index (χ2n) is 3.98. The van der Waals surface area contributed by atoms with Crippen LogP contribution in [0.25, 0.3) is 10.2 Å². The number of ether oxygens (including phenoxy) is 1. The zero-order chi connectivity index (χ0) is 13.2. The molecule has 3 rings (SSSR count). The van der Waals surface area contributed by atoms with Gasteiger partial charge in [-0.15, -0.1) is 11.3 Å². The van der Waals surface area contributed by atoms with Crippen LogP contribution in [0.3, 0.4) is 0 Å². The molecule has 0 fully saturated rings. The molecule has 1 aromatic heterocycles. The van der Waals surface area contributed by atoms with Crippen LogP contribution in [0.5, 0.6) is 5.75 Å². The number of hydrogen-bond donors (Lipinski definition) is 1. The van der Waals surface area contributed by atoms with Gasteiger partial charge in [-0.1, -0.05) is 11.8 Å². The molecule has 0 atom stereocenters. The lowest BCUT2D eigenvalue weighted by Gasteiger charge is -2.00. The van der Waals surface area contributed by atoms with Gasteiger partial charge in [-0.2, -0.15) is 0 Å². The van der Waals surface area contributed by atoms with Crippen molar-refractivity contribution in [2.24, 2.45) is 0 Å². The van der Waals surface area contributed by atoms with Crippen molar-refractivity contribution in [2.75, 3.05) is 12.8 Å². The number of hydrogen-bond acceptors (Lipinski definition) is 5. The lowest BCUT2D eigenvalue weighted by atomic mass is 10.3. The van der Waals surface area contributed by atoms with Gasteiger partial charge in [0.05, 0.1) is 17.3 Å². The van der Waals surface area contributed by atoms with E-state index in [4.69, 9.17) is 10.5 Å². The summed E-state index contributed by atoms with van der Waals surface area (Å²) in [6.07, 6.45) is 0. The average molecular weight is 288 g/mol. The Morgan fingerprint density at radius 2 is 1.95 bits per heavy atom. The minimum atomic E-state index is 0.775. The van der Waals surface area contributed by atoms with Crippen LogP contribution >= 0.6 is 23.1 Å². The number of rotatable bonds is 3. The zero-order valence-corrected chi connectivity index (χ0v) is 11.9. The van der Waals surface area contributed by atoms with Crippen molar-refractivity contribution in [3.63, 3.8) is 0 Å². The highest BCUT2D eigenvalue weighted by molar-refractivity contribution is 8.01. The molecular weight excluding hydrogens is 276 g/mol. The lowest BCUT2D eigenvalue weighted by Crippen LogP contribution is -1.81. The van der Waals surface area contributed by atoms with E-state index < -0.39 is 0 Å². The Balaban J connectivity index is 1.87. The third kappa shape index (κ3) is 2.67. The van der Waals surface area contributed by atoms with E-state index in [1.54, 1.807) is 30.2 Å². The van der Waals surface area contributed by atoms with Crippen LogP contribution in [0.2, 0.25) is 0 Å². The summed E-state index contributed by atoms with van der Waals surface area (Å²) in [7, 11) is 1.67. The number of nitrogens with two attached hydrogens (primary N) is 1. The number of nitrogens with zero attached hydrogens (tertiary/aromatic N) is 1. The quantitative estimate of drug-likeness (QED) is 0.739. The summed E-state index contributed by atoms with van der Waals surface area (Å²) >= 11 is 3.31. The molecule has 0 aliphatic carbocycles. The van der Waals surface area contributed by atoms with E-state index in [0.717, 1.165) is 30.9 Å². The van der Waals surface area contributed by atoms with Crippen LogP contribution in [-0.2, 0) is 0 Å². The van der Waals surface area contributed by atoms with E-state index in [1.165, 1.54) is 0 Å².